The van der Waals surface area contributed by atoms with E-state index in [0.29, 0.717) is 0 Å². The first kappa shape index (κ1) is 17.2. The summed E-state index contributed by atoms with van der Waals surface area (Å²) < 4.78 is 53.3. The van der Waals surface area contributed by atoms with E-state index in [0.717, 1.165) is 28.3 Å². The van der Waals surface area contributed by atoms with Crippen molar-refractivity contribution in [3.63, 3.8) is 0 Å². The molecule has 0 spiro atoms. The molecule has 0 aliphatic heterocycles. The highest BCUT2D eigenvalue weighted by molar-refractivity contribution is 7.94. The first-order valence-corrected chi connectivity index (χ1v) is 9.28. The summed E-state index contributed by atoms with van der Waals surface area (Å²) in [5, 5.41) is 10.2. The molecule has 3 rings (SSSR count). The van der Waals surface area contributed by atoms with Crippen LogP contribution in [0, 0.1) is 18.6 Å². The quantitative estimate of drug-likeness (QED) is 0.703. The Balaban J connectivity index is 1.74. The van der Waals surface area contributed by atoms with Crippen LogP contribution in [-0.2, 0) is 10.0 Å². The zero-order valence-electron chi connectivity index (χ0n) is 12.8. The molecule has 0 saturated carbocycles. The number of aromatic nitrogens is 2. The Morgan fingerprint density at radius 2 is 1.72 bits per heavy atom. The van der Waals surface area contributed by atoms with Crippen molar-refractivity contribution in [3.05, 3.63) is 59.0 Å². The molecule has 0 atom stereocenters. The molecule has 2 heterocycles. The third-order valence-electron chi connectivity index (χ3n) is 3.08. The fraction of sp³-hybridized carbons (Fsp3) is 0.0667. The summed E-state index contributed by atoms with van der Waals surface area (Å²) in [4.78, 5) is 0.868. The Bertz CT molecular complexity index is 1000. The summed E-state index contributed by atoms with van der Waals surface area (Å²) in [6.45, 7) is 1.80. The fourth-order valence-corrected chi connectivity index (χ4v) is 4.21. The average Bonchev–Trinajstić information content (AvgIpc) is 2.99. The lowest BCUT2D eigenvalue weighted by Crippen LogP contribution is -2.13. The molecule has 10 heteroatoms. The van der Waals surface area contributed by atoms with Gasteiger partial charge in [-0.15, -0.1) is 21.5 Å². The van der Waals surface area contributed by atoms with Crippen molar-refractivity contribution in [2.75, 3.05) is 10.0 Å². The molecule has 0 radical (unpaired) electrons. The number of benzene rings is 1. The van der Waals surface area contributed by atoms with Crippen molar-refractivity contribution in [1.82, 2.24) is 10.2 Å². The third-order valence-corrected chi connectivity index (χ3v) is 5.93. The summed E-state index contributed by atoms with van der Waals surface area (Å²) in [5.41, 5.74) is 0.0260. The Hall–Kier alpha value is -2.59. The van der Waals surface area contributed by atoms with Crippen molar-refractivity contribution in [3.8, 4) is 0 Å². The van der Waals surface area contributed by atoms with E-state index in [2.05, 4.69) is 20.2 Å². The molecule has 0 amide bonds. The van der Waals surface area contributed by atoms with Gasteiger partial charge in [0.05, 0.1) is 5.69 Å². The van der Waals surface area contributed by atoms with Gasteiger partial charge in [0.25, 0.3) is 10.0 Å². The summed E-state index contributed by atoms with van der Waals surface area (Å²) in [6.07, 6.45) is 0. The minimum atomic E-state index is -3.73. The second-order valence-electron chi connectivity index (χ2n) is 5.02. The number of thiophene rings is 1. The molecule has 6 nitrogen and oxygen atoms in total. The van der Waals surface area contributed by atoms with E-state index in [-0.39, 0.29) is 21.5 Å². The van der Waals surface area contributed by atoms with E-state index in [1.165, 1.54) is 24.3 Å². The predicted octanol–water partition coefficient (Wildman–Crippen LogP) is 3.67. The number of halogens is 2. The number of sulfonamides is 1. The fourth-order valence-electron chi connectivity index (χ4n) is 1.93. The zero-order chi connectivity index (χ0) is 18.0. The average molecular weight is 382 g/mol. The lowest BCUT2D eigenvalue weighted by molar-refractivity contribution is 0.586. The van der Waals surface area contributed by atoms with Crippen LogP contribution in [0.5, 0.6) is 0 Å². The van der Waals surface area contributed by atoms with E-state index < -0.39 is 21.7 Å². The number of nitrogens with one attached hydrogen (secondary N) is 2. The molecule has 3 aromatic rings. The van der Waals surface area contributed by atoms with Crippen LogP contribution in [0.1, 0.15) is 4.88 Å². The monoisotopic (exact) mass is 382 g/mol. The maximum Gasteiger partial charge on any atom is 0.272 e. The maximum atomic E-state index is 13.6. The molecule has 2 aromatic heterocycles. The molecule has 0 unspecified atom stereocenters. The molecule has 130 valence electrons. The van der Waals surface area contributed by atoms with E-state index in [1.807, 2.05) is 0 Å². The number of hydrogen-bond acceptors (Lipinski definition) is 6. The van der Waals surface area contributed by atoms with E-state index in [9.17, 15) is 17.2 Å². The van der Waals surface area contributed by atoms with E-state index in [1.54, 1.807) is 13.0 Å². The summed E-state index contributed by atoms with van der Waals surface area (Å²) in [7, 11) is -3.73. The molecule has 0 fully saturated rings. The van der Waals surface area contributed by atoms with Crippen molar-refractivity contribution < 1.29 is 17.2 Å². The zero-order valence-corrected chi connectivity index (χ0v) is 14.5. The van der Waals surface area contributed by atoms with Crippen LogP contribution in [0.3, 0.4) is 0 Å². The van der Waals surface area contributed by atoms with Crippen LogP contribution < -0.4 is 10.0 Å². The van der Waals surface area contributed by atoms with Crippen LogP contribution in [0.2, 0.25) is 0 Å². The lowest BCUT2D eigenvalue weighted by atomic mass is 10.3. The third kappa shape index (κ3) is 4.09. The largest absolute Gasteiger partial charge is 0.336 e. The Kier molecular flexibility index (Phi) is 4.64. The normalized spacial score (nSPS) is 11.3. The first-order chi connectivity index (χ1) is 11.8. The van der Waals surface area contributed by atoms with Gasteiger partial charge in [-0.2, -0.15) is 0 Å². The summed E-state index contributed by atoms with van der Waals surface area (Å²) in [5.74, 6) is -1.26. The highest BCUT2D eigenvalue weighted by Gasteiger charge is 2.17. The summed E-state index contributed by atoms with van der Waals surface area (Å²) in [6, 6.07) is 9.08. The van der Waals surface area contributed by atoms with Gasteiger partial charge < -0.3 is 5.32 Å². The van der Waals surface area contributed by atoms with Gasteiger partial charge in [-0.1, -0.05) is 0 Å². The molecule has 0 aliphatic carbocycles. The molecule has 2 N–H and O–H groups in total. The van der Waals surface area contributed by atoms with Gasteiger partial charge in [-0.25, -0.2) is 17.2 Å². The SMILES string of the molecule is Cc1ccc(S(=O)(=O)Nc2ccc(Nc3ccc(F)cc3F)nn2)s1. The van der Waals surface area contributed by atoms with Gasteiger partial charge in [0.15, 0.2) is 11.6 Å². The Morgan fingerprint density at radius 1 is 1.00 bits per heavy atom. The molecule has 1 aromatic carbocycles. The van der Waals surface area contributed by atoms with Crippen LogP contribution >= 0.6 is 11.3 Å². The standard InChI is InChI=1S/C15H12F2N4O2S2/c1-9-2-7-15(24-9)25(22,23)21-14-6-5-13(19-20-14)18-12-4-3-10(16)8-11(12)17/h2-8H,1H3,(H,18,19)(H,20,21). The number of hydrogen-bond donors (Lipinski definition) is 2. The number of anilines is 3. The van der Waals surface area contributed by atoms with Gasteiger partial charge in [-0.3, -0.25) is 4.72 Å². The first-order valence-electron chi connectivity index (χ1n) is 6.98. The molecular formula is C15H12F2N4O2S2. The topological polar surface area (TPSA) is 84.0 Å². The highest BCUT2D eigenvalue weighted by atomic mass is 32.2. The van der Waals surface area contributed by atoms with E-state index >= 15 is 0 Å². The Morgan fingerprint density at radius 3 is 2.32 bits per heavy atom. The van der Waals surface area contributed by atoms with Crippen molar-refractivity contribution in [1.29, 1.82) is 0 Å². The Labute approximate surface area is 146 Å². The minimum absolute atomic E-state index is 0.0242. The number of aryl methyl sites for hydroxylation is 1. The molecular weight excluding hydrogens is 370 g/mol. The lowest BCUT2D eigenvalue weighted by Gasteiger charge is -2.08. The smallest absolute Gasteiger partial charge is 0.272 e. The second-order valence-corrected chi connectivity index (χ2v) is 8.22. The highest BCUT2D eigenvalue weighted by Crippen LogP contribution is 2.23. The van der Waals surface area contributed by atoms with Crippen LogP contribution in [0.25, 0.3) is 0 Å². The number of nitrogens with zero attached hydrogens (tertiary/aromatic N) is 2. The van der Waals surface area contributed by atoms with Crippen LogP contribution in [0.15, 0.2) is 46.7 Å². The molecule has 0 aliphatic rings. The maximum absolute atomic E-state index is 13.6. The van der Waals surface area contributed by atoms with Gasteiger partial charge >= 0.3 is 0 Å². The van der Waals surface area contributed by atoms with Gasteiger partial charge in [0.2, 0.25) is 0 Å². The number of rotatable bonds is 5. The van der Waals surface area contributed by atoms with Crippen molar-refractivity contribution in [2.24, 2.45) is 0 Å². The van der Waals surface area contributed by atoms with E-state index in [4.69, 9.17) is 0 Å². The van der Waals surface area contributed by atoms with Gasteiger partial charge in [0.1, 0.15) is 15.8 Å². The molecule has 0 bridgehead atoms. The minimum Gasteiger partial charge on any atom is -0.336 e. The van der Waals surface area contributed by atoms with Crippen LogP contribution in [-0.4, -0.2) is 18.6 Å². The second kappa shape index (κ2) is 6.73. The predicted molar refractivity (Wildman–Crippen MR) is 91.5 cm³/mol. The van der Waals surface area contributed by atoms with Crippen molar-refractivity contribution >= 4 is 38.7 Å². The summed E-state index contributed by atoms with van der Waals surface area (Å²) >= 11 is 1.14. The van der Waals surface area contributed by atoms with Gasteiger partial charge in [0, 0.05) is 10.9 Å². The van der Waals surface area contributed by atoms with Crippen molar-refractivity contribution in [2.45, 2.75) is 11.1 Å². The molecule has 0 saturated heterocycles. The van der Waals surface area contributed by atoms with Gasteiger partial charge in [-0.05, 0) is 43.3 Å². The van der Waals surface area contributed by atoms with Crippen LogP contribution in [0.4, 0.5) is 26.1 Å². The molecule has 25 heavy (non-hydrogen) atoms.